The first-order valence-corrected chi connectivity index (χ1v) is 6.32. The Bertz CT molecular complexity index is 523. The summed E-state index contributed by atoms with van der Waals surface area (Å²) >= 11 is 0. The molecule has 1 N–H and O–H groups in total. The Morgan fingerprint density at radius 2 is 1.94 bits per heavy atom. The van der Waals surface area contributed by atoms with Crippen LogP contribution in [0.15, 0.2) is 36.7 Å². The molecule has 4 heteroatoms. The van der Waals surface area contributed by atoms with E-state index >= 15 is 0 Å². The van der Waals surface area contributed by atoms with Crippen LogP contribution in [-0.4, -0.2) is 29.7 Å². The number of hydrogen-bond acceptors (Lipinski definition) is 3. The summed E-state index contributed by atoms with van der Waals surface area (Å²) in [6.45, 7) is 0. The lowest BCUT2D eigenvalue weighted by Crippen LogP contribution is -2.09. The normalized spacial score (nSPS) is 14.6. The van der Waals surface area contributed by atoms with E-state index in [2.05, 4.69) is 44.0 Å². The molecule has 3 rings (SSSR count). The van der Waals surface area contributed by atoms with Gasteiger partial charge in [-0.05, 0) is 37.1 Å². The van der Waals surface area contributed by atoms with Crippen LogP contribution in [0.5, 0.6) is 0 Å². The Balaban J connectivity index is 1.86. The van der Waals surface area contributed by atoms with Crippen molar-refractivity contribution < 1.29 is 0 Å². The minimum Gasteiger partial charge on any atom is -0.378 e. The molecule has 1 saturated carbocycles. The summed E-state index contributed by atoms with van der Waals surface area (Å²) in [6, 6.07) is 9.10. The largest absolute Gasteiger partial charge is 0.378 e. The number of hydrogen-bond donors (Lipinski definition) is 1. The summed E-state index contributed by atoms with van der Waals surface area (Å²) in [5, 5.41) is 3.44. The SMILES string of the molecule is CN(C)c1ccc(-n2ccnc2NC2CC2)cc1. The lowest BCUT2D eigenvalue weighted by molar-refractivity contribution is 1.00. The highest BCUT2D eigenvalue weighted by atomic mass is 15.2. The van der Waals surface area contributed by atoms with Crippen molar-refractivity contribution in [2.24, 2.45) is 0 Å². The zero-order valence-electron chi connectivity index (χ0n) is 10.8. The van der Waals surface area contributed by atoms with Crippen LogP contribution in [0.25, 0.3) is 5.69 Å². The summed E-state index contributed by atoms with van der Waals surface area (Å²) in [6.07, 6.45) is 6.35. The summed E-state index contributed by atoms with van der Waals surface area (Å²) in [5.41, 5.74) is 2.34. The number of anilines is 2. The van der Waals surface area contributed by atoms with Crippen molar-refractivity contribution in [3.63, 3.8) is 0 Å². The summed E-state index contributed by atoms with van der Waals surface area (Å²) in [4.78, 5) is 6.47. The van der Waals surface area contributed by atoms with Gasteiger partial charge in [-0.15, -0.1) is 0 Å². The maximum Gasteiger partial charge on any atom is 0.207 e. The highest BCUT2D eigenvalue weighted by Gasteiger charge is 2.22. The molecule has 94 valence electrons. The molecule has 2 aromatic rings. The number of benzene rings is 1. The molecule has 0 aliphatic heterocycles. The van der Waals surface area contributed by atoms with Crippen molar-refractivity contribution >= 4 is 11.6 Å². The molecule has 1 fully saturated rings. The molecule has 1 heterocycles. The molecule has 0 spiro atoms. The number of nitrogens with one attached hydrogen (secondary N) is 1. The van der Waals surface area contributed by atoms with E-state index in [1.54, 1.807) is 0 Å². The fourth-order valence-corrected chi connectivity index (χ4v) is 1.94. The first-order valence-electron chi connectivity index (χ1n) is 6.32. The molecule has 1 aromatic heterocycles. The van der Waals surface area contributed by atoms with Gasteiger partial charge in [0.2, 0.25) is 5.95 Å². The van der Waals surface area contributed by atoms with Crippen molar-refractivity contribution in [2.75, 3.05) is 24.3 Å². The molecule has 0 saturated heterocycles. The average Bonchev–Trinajstić information content (AvgIpc) is 3.06. The Morgan fingerprint density at radius 3 is 2.56 bits per heavy atom. The van der Waals surface area contributed by atoms with Crippen molar-refractivity contribution in [2.45, 2.75) is 18.9 Å². The van der Waals surface area contributed by atoms with E-state index in [4.69, 9.17) is 0 Å². The van der Waals surface area contributed by atoms with Gasteiger partial charge in [-0.1, -0.05) is 0 Å². The number of nitrogens with zero attached hydrogens (tertiary/aromatic N) is 3. The summed E-state index contributed by atoms with van der Waals surface area (Å²) in [7, 11) is 4.10. The Labute approximate surface area is 107 Å². The lowest BCUT2D eigenvalue weighted by atomic mass is 10.2. The zero-order valence-corrected chi connectivity index (χ0v) is 10.8. The summed E-state index contributed by atoms with van der Waals surface area (Å²) in [5.74, 6) is 0.940. The maximum atomic E-state index is 4.37. The highest BCUT2D eigenvalue weighted by molar-refractivity contribution is 5.52. The Kier molecular flexibility index (Phi) is 2.70. The van der Waals surface area contributed by atoms with E-state index in [0.717, 1.165) is 11.6 Å². The first-order chi connectivity index (χ1) is 8.74. The second-order valence-corrected chi connectivity index (χ2v) is 4.95. The fraction of sp³-hybridized carbons (Fsp3) is 0.357. The van der Waals surface area contributed by atoms with Crippen molar-refractivity contribution in [1.82, 2.24) is 9.55 Å². The van der Waals surface area contributed by atoms with E-state index < -0.39 is 0 Å². The quantitative estimate of drug-likeness (QED) is 0.894. The van der Waals surface area contributed by atoms with Gasteiger partial charge in [-0.25, -0.2) is 4.98 Å². The van der Waals surface area contributed by atoms with E-state index in [1.165, 1.54) is 18.5 Å². The van der Waals surface area contributed by atoms with Gasteiger partial charge < -0.3 is 10.2 Å². The second kappa shape index (κ2) is 4.37. The van der Waals surface area contributed by atoms with Gasteiger partial charge in [-0.3, -0.25) is 4.57 Å². The van der Waals surface area contributed by atoms with Crippen LogP contribution >= 0.6 is 0 Å². The standard InChI is InChI=1S/C14H18N4/c1-17(2)12-5-7-13(8-6-12)18-10-9-15-14(18)16-11-3-4-11/h5-11H,3-4H2,1-2H3,(H,15,16). The van der Waals surface area contributed by atoms with Crippen molar-refractivity contribution in [3.8, 4) is 5.69 Å². The Hall–Kier alpha value is -1.97. The van der Waals surface area contributed by atoms with E-state index in [1.807, 2.05) is 26.5 Å². The number of rotatable bonds is 4. The molecular formula is C14H18N4. The van der Waals surface area contributed by atoms with Gasteiger partial charge in [-0.2, -0.15) is 0 Å². The van der Waals surface area contributed by atoms with Gasteiger partial charge in [0.1, 0.15) is 0 Å². The van der Waals surface area contributed by atoms with Gasteiger partial charge in [0.05, 0.1) is 0 Å². The predicted molar refractivity (Wildman–Crippen MR) is 74.5 cm³/mol. The summed E-state index contributed by atoms with van der Waals surface area (Å²) < 4.78 is 2.10. The molecule has 1 aliphatic rings. The van der Waals surface area contributed by atoms with Gasteiger partial charge in [0, 0.05) is 43.9 Å². The lowest BCUT2D eigenvalue weighted by Gasteiger charge is -2.14. The van der Waals surface area contributed by atoms with Crippen LogP contribution in [0.4, 0.5) is 11.6 Å². The van der Waals surface area contributed by atoms with Gasteiger partial charge >= 0.3 is 0 Å². The van der Waals surface area contributed by atoms with E-state index in [9.17, 15) is 0 Å². The van der Waals surface area contributed by atoms with Crippen LogP contribution in [0.3, 0.4) is 0 Å². The van der Waals surface area contributed by atoms with Crippen molar-refractivity contribution in [1.29, 1.82) is 0 Å². The van der Waals surface area contributed by atoms with Crippen LogP contribution in [0.2, 0.25) is 0 Å². The van der Waals surface area contributed by atoms with Gasteiger partial charge in [0.25, 0.3) is 0 Å². The Morgan fingerprint density at radius 1 is 1.22 bits per heavy atom. The third-order valence-electron chi connectivity index (χ3n) is 3.20. The fourth-order valence-electron chi connectivity index (χ4n) is 1.94. The second-order valence-electron chi connectivity index (χ2n) is 4.95. The molecule has 1 aliphatic carbocycles. The third kappa shape index (κ3) is 2.18. The maximum absolute atomic E-state index is 4.37. The monoisotopic (exact) mass is 242 g/mol. The molecule has 4 nitrogen and oxygen atoms in total. The predicted octanol–water partition coefficient (Wildman–Crippen LogP) is 2.51. The molecule has 18 heavy (non-hydrogen) atoms. The van der Waals surface area contributed by atoms with E-state index in [0.29, 0.717) is 6.04 Å². The number of aromatic nitrogens is 2. The molecule has 0 radical (unpaired) electrons. The highest BCUT2D eigenvalue weighted by Crippen LogP contribution is 2.25. The van der Waals surface area contributed by atoms with Gasteiger partial charge in [0.15, 0.2) is 0 Å². The molecule has 1 aromatic carbocycles. The number of imidazole rings is 1. The molecule has 0 unspecified atom stereocenters. The molecule has 0 bridgehead atoms. The minimum absolute atomic E-state index is 0.618. The topological polar surface area (TPSA) is 33.1 Å². The average molecular weight is 242 g/mol. The van der Waals surface area contributed by atoms with Crippen LogP contribution in [0, 0.1) is 0 Å². The van der Waals surface area contributed by atoms with E-state index in [-0.39, 0.29) is 0 Å². The van der Waals surface area contributed by atoms with Crippen molar-refractivity contribution in [3.05, 3.63) is 36.7 Å². The molecular weight excluding hydrogens is 224 g/mol. The smallest absolute Gasteiger partial charge is 0.207 e. The molecule has 0 atom stereocenters. The van der Waals surface area contributed by atoms with Crippen LogP contribution in [-0.2, 0) is 0 Å². The third-order valence-corrected chi connectivity index (χ3v) is 3.20. The first kappa shape index (κ1) is 11.1. The zero-order chi connectivity index (χ0) is 12.5. The van der Waals surface area contributed by atoms with Crippen LogP contribution in [0.1, 0.15) is 12.8 Å². The molecule has 0 amide bonds. The van der Waals surface area contributed by atoms with Crippen LogP contribution < -0.4 is 10.2 Å². The minimum atomic E-state index is 0.618.